The number of fused-ring (bicyclic) bond motifs is 1. The van der Waals surface area contributed by atoms with E-state index in [0.29, 0.717) is 24.7 Å². The van der Waals surface area contributed by atoms with Gasteiger partial charge < -0.3 is 20.3 Å². The van der Waals surface area contributed by atoms with E-state index in [0.717, 1.165) is 28.8 Å². The largest absolute Gasteiger partial charge is 0.508 e. The van der Waals surface area contributed by atoms with Gasteiger partial charge in [0.2, 0.25) is 5.95 Å². The highest BCUT2D eigenvalue weighted by molar-refractivity contribution is 5.83. The highest BCUT2D eigenvalue weighted by Gasteiger charge is 2.16. The molecule has 0 fully saturated rings. The summed E-state index contributed by atoms with van der Waals surface area (Å²) in [7, 11) is 4.09. The first-order valence-electron chi connectivity index (χ1n) is 11.6. The van der Waals surface area contributed by atoms with E-state index in [4.69, 9.17) is 0 Å². The molecule has 0 aliphatic carbocycles. The van der Waals surface area contributed by atoms with Crippen LogP contribution in [0.4, 0.5) is 5.95 Å². The number of aromatic hydroxyl groups is 1. The Morgan fingerprint density at radius 1 is 1.00 bits per heavy atom. The van der Waals surface area contributed by atoms with Crippen LogP contribution in [-0.4, -0.2) is 46.7 Å². The van der Waals surface area contributed by atoms with Crippen LogP contribution < -0.4 is 10.9 Å². The second-order valence-electron chi connectivity index (χ2n) is 9.21. The minimum absolute atomic E-state index is 0.177. The minimum Gasteiger partial charge on any atom is -0.508 e. The Labute approximate surface area is 200 Å². The summed E-state index contributed by atoms with van der Waals surface area (Å²) in [6.07, 6.45) is 1.44. The highest BCUT2D eigenvalue weighted by atomic mass is 16.3. The van der Waals surface area contributed by atoms with E-state index < -0.39 is 0 Å². The highest BCUT2D eigenvalue weighted by Crippen LogP contribution is 2.23. The topological polar surface area (TPSA) is 81.2 Å². The molecule has 34 heavy (non-hydrogen) atoms. The zero-order chi connectivity index (χ0) is 24.2. The van der Waals surface area contributed by atoms with Crippen LogP contribution in [0.25, 0.3) is 10.8 Å². The van der Waals surface area contributed by atoms with Gasteiger partial charge in [0.05, 0.1) is 0 Å². The SMILES string of the molecule is Cc1cc(O)cc(C)c1C[C@@H](CNc1nc(=O)cc(Cc2ccc3ccccc3c2)[nH]1)N(C)C. The van der Waals surface area contributed by atoms with Crippen LogP contribution in [0.5, 0.6) is 5.75 Å². The number of rotatable bonds is 8. The molecule has 6 heteroatoms. The monoisotopic (exact) mass is 456 g/mol. The van der Waals surface area contributed by atoms with Crippen LogP contribution >= 0.6 is 0 Å². The van der Waals surface area contributed by atoms with Gasteiger partial charge in [-0.1, -0.05) is 42.5 Å². The van der Waals surface area contributed by atoms with Gasteiger partial charge in [-0.25, -0.2) is 0 Å². The molecule has 0 bridgehead atoms. The number of phenolic OH excluding ortho intramolecular Hbond substituents is 1. The van der Waals surface area contributed by atoms with Crippen molar-refractivity contribution in [3.8, 4) is 5.75 Å². The molecule has 1 atom stereocenters. The lowest BCUT2D eigenvalue weighted by molar-refractivity contribution is 0.302. The summed E-state index contributed by atoms with van der Waals surface area (Å²) < 4.78 is 0. The average molecular weight is 457 g/mol. The average Bonchev–Trinajstić information content (AvgIpc) is 2.77. The van der Waals surface area contributed by atoms with Crippen molar-refractivity contribution in [2.45, 2.75) is 32.7 Å². The van der Waals surface area contributed by atoms with E-state index in [2.05, 4.69) is 50.5 Å². The van der Waals surface area contributed by atoms with Gasteiger partial charge in [-0.3, -0.25) is 4.79 Å². The predicted molar refractivity (Wildman–Crippen MR) is 139 cm³/mol. The lowest BCUT2D eigenvalue weighted by Gasteiger charge is -2.26. The molecule has 0 amide bonds. The van der Waals surface area contributed by atoms with Crippen molar-refractivity contribution in [1.82, 2.24) is 14.9 Å². The fraction of sp³-hybridized carbons (Fsp3) is 0.286. The number of likely N-dealkylation sites (N-methyl/N-ethyl adjacent to an activating group) is 1. The maximum atomic E-state index is 12.3. The van der Waals surface area contributed by atoms with Gasteiger partial charge in [0.15, 0.2) is 0 Å². The molecule has 0 radical (unpaired) electrons. The summed E-state index contributed by atoms with van der Waals surface area (Å²) in [6.45, 7) is 4.67. The third kappa shape index (κ3) is 5.64. The first kappa shape index (κ1) is 23.5. The van der Waals surface area contributed by atoms with Gasteiger partial charge >= 0.3 is 0 Å². The van der Waals surface area contributed by atoms with Crippen LogP contribution in [0, 0.1) is 13.8 Å². The summed E-state index contributed by atoms with van der Waals surface area (Å²) in [6, 6.07) is 20.0. The Hall–Kier alpha value is -3.64. The third-order valence-corrected chi connectivity index (χ3v) is 6.36. The Morgan fingerprint density at radius 3 is 2.41 bits per heavy atom. The van der Waals surface area contributed by atoms with Crippen LogP contribution in [0.15, 0.2) is 65.5 Å². The summed E-state index contributed by atoms with van der Waals surface area (Å²) in [5.74, 6) is 0.776. The molecule has 3 aromatic carbocycles. The molecule has 1 aromatic heterocycles. The number of anilines is 1. The van der Waals surface area contributed by atoms with E-state index in [1.54, 1.807) is 18.2 Å². The molecule has 6 nitrogen and oxygen atoms in total. The number of hydrogen-bond acceptors (Lipinski definition) is 5. The molecule has 0 saturated heterocycles. The number of aryl methyl sites for hydroxylation is 2. The maximum Gasteiger partial charge on any atom is 0.274 e. The normalized spacial score (nSPS) is 12.3. The zero-order valence-electron chi connectivity index (χ0n) is 20.2. The van der Waals surface area contributed by atoms with Gasteiger partial charge in [0.25, 0.3) is 5.56 Å². The fourth-order valence-corrected chi connectivity index (χ4v) is 4.44. The first-order chi connectivity index (χ1) is 16.3. The molecule has 176 valence electrons. The van der Waals surface area contributed by atoms with Crippen molar-refractivity contribution in [3.05, 3.63) is 99.0 Å². The van der Waals surface area contributed by atoms with Gasteiger partial charge in [-0.05, 0) is 79.5 Å². The van der Waals surface area contributed by atoms with Crippen molar-refractivity contribution in [2.24, 2.45) is 0 Å². The lowest BCUT2D eigenvalue weighted by atomic mass is 9.95. The molecule has 4 rings (SSSR count). The lowest BCUT2D eigenvalue weighted by Crippen LogP contribution is -2.37. The molecule has 0 unspecified atom stereocenters. The summed E-state index contributed by atoms with van der Waals surface area (Å²) in [5.41, 5.74) is 5.08. The molecular formula is C28H32N4O2. The molecule has 0 saturated carbocycles. The van der Waals surface area contributed by atoms with E-state index in [9.17, 15) is 9.90 Å². The van der Waals surface area contributed by atoms with Crippen molar-refractivity contribution in [2.75, 3.05) is 26.0 Å². The summed E-state index contributed by atoms with van der Waals surface area (Å²) in [4.78, 5) is 21.9. The van der Waals surface area contributed by atoms with Crippen LogP contribution in [-0.2, 0) is 12.8 Å². The quantitative estimate of drug-likeness (QED) is 0.366. The van der Waals surface area contributed by atoms with Gasteiger partial charge in [0, 0.05) is 30.8 Å². The van der Waals surface area contributed by atoms with Crippen LogP contribution in [0.1, 0.15) is 27.9 Å². The van der Waals surface area contributed by atoms with Crippen molar-refractivity contribution < 1.29 is 5.11 Å². The Balaban J connectivity index is 1.49. The van der Waals surface area contributed by atoms with Gasteiger partial charge in [0.1, 0.15) is 5.75 Å². The second-order valence-corrected chi connectivity index (χ2v) is 9.21. The molecule has 0 aliphatic rings. The summed E-state index contributed by atoms with van der Waals surface area (Å²) >= 11 is 0. The molecular weight excluding hydrogens is 424 g/mol. The number of H-pyrrole nitrogens is 1. The Morgan fingerprint density at radius 2 is 1.71 bits per heavy atom. The smallest absolute Gasteiger partial charge is 0.274 e. The van der Waals surface area contributed by atoms with Gasteiger partial charge in [-0.15, -0.1) is 0 Å². The van der Waals surface area contributed by atoms with E-state index in [1.807, 2.05) is 40.1 Å². The van der Waals surface area contributed by atoms with Crippen LogP contribution in [0.3, 0.4) is 0 Å². The molecule has 0 aliphatic heterocycles. The third-order valence-electron chi connectivity index (χ3n) is 6.36. The Bertz CT molecular complexity index is 1340. The number of phenols is 1. The number of benzene rings is 3. The number of aromatic nitrogens is 2. The van der Waals surface area contributed by atoms with Crippen molar-refractivity contribution in [3.63, 3.8) is 0 Å². The minimum atomic E-state index is -0.260. The second kappa shape index (κ2) is 10.1. The van der Waals surface area contributed by atoms with Crippen molar-refractivity contribution >= 4 is 16.7 Å². The fourth-order valence-electron chi connectivity index (χ4n) is 4.44. The molecule has 1 heterocycles. The van der Waals surface area contributed by atoms with E-state index >= 15 is 0 Å². The van der Waals surface area contributed by atoms with Crippen molar-refractivity contribution in [1.29, 1.82) is 0 Å². The number of hydrogen-bond donors (Lipinski definition) is 3. The zero-order valence-corrected chi connectivity index (χ0v) is 20.2. The molecule has 4 aromatic rings. The number of nitrogens with one attached hydrogen (secondary N) is 2. The Kier molecular flexibility index (Phi) is 6.98. The van der Waals surface area contributed by atoms with E-state index in [1.165, 1.54) is 16.3 Å². The van der Waals surface area contributed by atoms with Gasteiger partial charge in [-0.2, -0.15) is 4.98 Å². The van der Waals surface area contributed by atoms with E-state index in [-0.39, 0.29) is 11.6 Å². The molecule has 0 spiro atoms. The van der Waals surface area contributed by atoms with Crippen LogP contribution in [0.2, 0.25) is 0 Å². The maximum absolute atomic E-state index is 12.3. The number of nitrogens with zero attached hydrogens (tertiary/aromatic N) is 2. The first-order valence-corrected chi connectivity index (χ1v) is 11.6. The summed E-state index contributed by atoms with van der Waals surface area (Å²) in [5, 5.41) is 15.6. The molecule has 3 N–H and O–H groups in total. The predicted octanol–water partition coefficient (Wildman–Crippen LogP) is 4.42. The number of aromatic amines is 1. The standard InChI is InChI=1S/C28H32N4O2/c1-18-11-25(33)12-19(2)26(18)16-24(32(3)4)17-29-28-30-23(15-27(34)31-28)14-20-9-10-21-7-5-6-8-22(21)13-20/h5-13,15,24,33H,14,16-17H2,1-4H3,(H2,29,30,31,34)/t24-/m0/s1.